The number of aryl methyl sites for hydroxylation is 1. The van der Waals surface area contributed by atoms with Gasteiger partial charge in [-0.2, -0.15) is 0 Å². The minimum absolute atomic E-state index is 0.162. The SMILES string of the molecule is CCc1sc(N)nc1-c1ccccc1.O=C1c2cc3ccc2c(=O)n31. The third kappa shape index (κ3) is 2.42. The topological polar surface area (TPSA) is 78.0 Å². The molecule has 2 aliphatic heterocycles. The first-order valence-electron chi connectivity index (χ1n) is 7.93. The molecule has 0 amide bonds. The minimum atomic E-state index is -0.162. The first-order chi connectivity index (χ1) is 12.1. The highest BCUT2D eigenvalue weighted by Crippen LogP contribution is 2.29. The van der Waals surface area contributed by atoms with Crippen LogP contribution in [0.25, 0.3) is 22.2 Å². The molecule has 0 spiro atoms. The second-order valence-corrected chi connectivity index (χ2v) is 6.83. The number of aromatic nitrogens is 2. The van der Waals surface area contributed by atoms with E-state index >= 15 is 0 Å². The van der Waals surface area contributed by atoms with Gasteiger partial charge in [-0.25, -0.2) is 9.55 Å². The molecule has 4 bridgehead atoms. The molecular weight excluding hydrogens is 334 g/mol. The number of thiazole rings is 1. The summed E-state index contributed by atoms with van der Waals surface area (Å²) in [5, 5.41) is 1.20. The lowest BCUT2D eigenvalue weighted by Crippen LogP contribution is -2.16. The van der Waals surface area contributed by atoms with Gasteiger partial charge in [0.1, 0.15) is 0 Å². The molecule has 2 aromatic carbocycles. The Labute approximate surface area is 147 Å². The second-order valence-electron chi connectivity index (χ2n) is 5.72. The predicted molar refractivity (Wildman–Crippen MR) is 100 cm³/mol. The highest BCUT2D eigenvalue weighted by atomic mass is 32.1. The summed E-state index contributed by atoms with van der Waals surface area (Å²) in [6.07, 6.45) is 0.985. The van der Waals surface area contributed by atoms with Crippen molar-refractivity contribution in [2.24, 2.45) is 0 Å². The van der Waals surface area contributed by atoms with Crippen LogP contribution < -0.4 is 11.3 Å². The van der Waals surface area contributed by atoms with E-state index in [1.165, 1.54) is 9.44 Å². The molecule has 0 aliphatic carbocycles. The van der Waals surface area contributed by atoms with E-state index in [2.05, 4.69) is 24.0 Å². The van der Waals surface area contributed by atoms with Gasteiger partial charge in [0.2, 0.25) is 0 Å². The molecule has 6 rings (SSSR count). The molecule has 124 valence electrons. The zero-order chi connectivity index (χ0) is 17.6. The van der Waals surface area contributed by atoms with Crippen molar-refractivity contribution >= 4 is 33.3 Å². The molecule has 0 atom stereocenters. The van der Waals surface area contributed by atoms with Crippen molar-refractivity contribution in [3.8, 4) is 11.3 Å². The summed E-state index contributed by atoms with van der Waals surface area (Å²) in [4.78, 5) is 28.0. The number of nitrogens with two attached hydrogens (primary N) is 1. The number of nitrogen functional groups attached to an aromatic ring is 1. The van der Waals surface area contributed by atoms with Gasteiger partial charge >= 0.3 is 0 Å². The van der Waals surface area contributed by atoms with E-state index in [0.29, 0.717) is 21.6 Å². The fourth-order valence-electron chi connectivity index (χ4n) is 3.03. The quantitative estimate of drug-likeness (QED) is 0.530. The van der Waals surface area contributed by atoms with Crippen LogP contribution in [0, 0.1) is 0 Å². The van der Waals surface area contributed by atoms with E-state index in [-0.39, 0.29) is 11.5 Å². The Morgan fingerprint density at radius 1 is 1.12 bits per heavy atom. The average molecular weight is 349 g/mol. The highest BCUT2D eigenvalue weighted by molar-refractivity contribution is 7.15. The van der Waals surface area contributed by atoms with Crippen LogP contribution in [0.4, 0.5) is 5.13 Å². The highest BCUT2D eigenvalue weighted by Gasteiger charge is 2.27. The molecule has 2 aromatic heterocycles. The molecule has 4 heterocycles. The van der Waals surface area contributed by atoms with Crippen molar-refractivity contribution in [1.29, 1.82) is 0 Å². The molecule has 2 aliphatic rings. The van der Waals surface area contributed by atoms with E-state index < -0.39 is 0 Å². The molecule has 2 N–H and O–H groups in total. The van der Waals surface area contributed by atoms with Crippen LogP contribution in [0.1, 0.15) is 22.2 Å². The fraction of sp³-hybridized carbons (Fsp3) is 0.105. The summed E-state index contributed by atoms with van der Waals surface area (Å²) in [7, 11) is 0. The van der Waals surface area contributed by atoms with Crippen LogP contribution in [-0.2, 0) is 6.42 Å². The van der Waals surface area contributed by atoms with Gasteiger partial charge in [-0.05, 0) is 24.6 Å². The number of hydrogen-bond acceptors (Lipinski definition) is 5. The Bertz CT molecular complexity index is 1130. The van der Waals surface area contributed by atoms with E-state index in [1.807, 2.05) is 18.2 Å². The third-order valence-electron chi connectivity index (χ3n) is 4.21. The fourth-order valence-corrected chi connectivity index (χ4v) is 3.83. The molecule has 6 heteroatoms. The Hall–Kier alpha value is -2.99. The lowest BCUT2D eigenvalue weighted by molar-refractivity contribution is 0.0974. The maximum absolute atomic E-state index is 11.2. The number of fused-ring (bicyclic) bond motifs is 1. The van der Waals surface area contributed by atoms with Crippen LogP contribution in [0.2, 0.25) is 0 Å². The number of hydrogen-bond donors (Lipinski definition) is 1. The first kappa shape index (κ1) is 15.5. The summed E-state index contributed by atoms with van der Waals surface area (Å²) in [6, 6.07) is 15.4. The lowest BCUT2D eigenvalue weighted by atomic mass is 10.1. The van der Waals surface area contributed by atoms with Crippen LogP contribution >= 0.6 is 11.3 Å². The Balaban J connectivity index is 0.000000128. The zero-order valence-corrected chi connectivity index (χ0v) is 14.3. The Morgan fingerprint density at radius 3 is 2.44 bits per heavy atom. The number of pyridine rings is 2. The van der Waals surface area contributed by atoms with E-state index in [0.717, 1.165) is 17.7 Å². The van der Waals surface area contributed by atoms with Crippen molar-refractivity contribution in [2.45, 2.75) is 13.3 Å². The number of carbonyl (C=O) groups excluding carboxylic acids is 1. The lowest BCUT2D eigenvalue weighted by Gasteiger charge is -1.98. The van der Waals surface area contributed by atoms with E-state index in [1.54, 1.807) is 29.5 Å². The zero-order valence-electron chi connectivity index (χ0n) is 13.5. The van der Waals surface area contributed by atoms with Crippen LogP contribution in [0.15, 0.2) is 53.3 Å². The van der Waals surface area contributed by atoms with Gasteiger partial charge in [-0.3, -0.25) is 9.59 Å². The van der Waals surface area contributed by atoms with Gasteiger partial charge in [-0.15, -0.1) is 11.3 Å². The first-order valence-corrected chi connectivity index (χ1v) is 8.75. The number of anilines is 1. The largest absolute Gasteiger partial charge is 0.375 e. The average Bonchev–Trinajstić information content (AvgIpc) is 3.22. The number of benzene rings is 2. The van der Waals surface area contributed by atoms with Gasteiger partial charge in [0.15, 0.2) is 5.13 Å². The minimum Gasteiger partial charge on any atom is -0.375 e. The summed E-state index contributed by atoms with van der Waals surface area (Å²) in [5.74, 6) is -0.162. The van der Waals surface area contributed by atoms with Gasteiger partial charge < -0.3 is 5.73 Å². The molecule has 0 unspecified atom stereocenters. The summed E-state index contributed by atoms with van der Waals surface area (Å²) in [5.41, 5.74) is 9.00. The normalized spacial score (nSPS) is 12.0. The number of nitrogens with zero attached hydrogens (tertiary/aromatic N) is 2. The molecule has 4 aromatic rings. The van der Waals surface area contributed by atoms with Gasteiger partial charge in [0.05, 0.1) is 22.2 Å². The predicted octanol–water partition coefficient (Wildman–Crippen LogP) is 3.40. The number of rotatable bonds is 2. The van der Waals surface area contributed by atoms with Crippen molar-refractivity contribution in [2.75, 3.05) is 5.73 Å². The van der Waals surface area contributed by atoms with Crippen molar-refractivity contribution in [3.05, 3.63) is 69.3 Å². The van der Waals surface area contributed by atoms with Gasteiger partial charge in [0.25, 0.3) is 11.5 Å². The molecule has 25 heavy (non-hydrogen) atoms. The Morgan fingerprint density at radius 2 is 1.88 bits per heavy atom. The molecule has 0 saturated heterocycles. The summed E-state index contributed by atoms with van der Waals surface area (Å²) >= 11 is 1.58. The molecule has 0 radical (unpaired) electrons. The molecule has 0 fully saturated rings. The maximum atomic E-state index is 11.2. The molecule has 0 saturated carbocycles. The molecule has 5 nitrogen and oxygen atoms in total. The van der Waals surface area contributed by atoms with Crippen LogP contribution in [0.3, 0.4) is 0 Å². The number of carbonyl (C=O) groups is 1. The Kier molecular flexibility index (Phi) is 3.62. The molecular formula is C19H15N3O2S. The van der Waals surface area contributed by atoms with Crippen LogP contribution in [-0.4, -0.2) is 15.5 Å². The standard InChI is InChI=1S/C11H12N2S.C8H3NO2/c1-2-9-10(13-11(12)14-9)8-6-4-3-5-7-8;10-7-5-2-1-4-3-6(5)8(11)9(4)7/h3-7H,2H2,1H3,(H2,12,13);1-3H. The van der Waals surface area contributed by atoms with Crippen molar-refractivity contribution < 1.29 is 4.79 Å². The summed E-state index contributed by atoms with van der Waals surface area (Å²) in [6.45, 7) is 2.12. The van der Waals surface area contributed by atoms with E-state index in [9.17, 15) is 9.59 Å². The second kappa shape index (κ2) is 5.82. The maximum Gasteiger partial charge on any atom is 0.266 e. The summed E-state index contributed by atoms with van der Waals surface area (Å²) < 4.78 is 1.21. The monoisotopic (exact) mass is 349 g/mol. The third-order valence-corrected chi connectivity index (χ3v) is 5.24. The van der Waals surface area contributed by atoms with Gasteiger partial charge in [0, 0.05) is 10.4 Å². The van der Waals surface area contributed by atoms with E-state index in [4.69, 9.17) is 5.73 Å². The smallest absolute Gasteiger partial charge is 0.266 e. The van der Waals surface area contributed by atoms with Gasteiger partial charge in [-0.1, -0.05) is 37.3 Å². The van der Waals surface area contributed by atoms with Crippen molar-refractivity contribution in [1.82, 2.24) is 9.55 Å². The van der Waals surface area contributed by atoms with Crippen molar-refractivity contribution in [3.63, 3.8) is 0 Å². The van der Waals surface area contributed by atoms with Crippen LogP contribution in [0.5, 0.6) is 0 Å².